The van der Waals surface area contributed by atoms with E-state index in [0.29, 0.717) is 6.10 Å². The minimum absolute atomic E-state index is 0.503. The van der Waals surface area contributed by atoms with E-state index < -0.39 is 0 Å². The topological polar surface area (TPSA) is 21.3 Å². The van der Waals surface area contributed by atoms with Gasteiger partial charge < -0.3 is 10.1 Å². The fourth-order valence-corrected chi connectivity index (χ4v) is 1.30. The maximum Gasteiger partial charge on any atom is 0.0587 e. The molecule has 0 spiro atoms. The quantitative estimate of drug-likeness (QED) is 0.641. The summed E-state index contributed by atoms with van der Waals surface area (Å²) in [6.07, 6.45) is 5.43. The zero-order valence-electron chi connectivity index (χ0n) is 6.44. The third kappa shape index (κ3) is 2.67. The van der Waals surface area contributed by atoms with Gasteiger partial charge >= 0.3 is 0 Å². The molecule has 1 rings (SSSR count). The van der Waals surface area contributed by atoms with Crippen LogP contribution in [0, 0.1) is 7.05 Å². The van der Waals surface area contributed by atoms with Crippen LogP contribution in [0.4, 0.5) is 0 Å². The van der Waals surface area contributed by atoms with Gasteiger partial charge in [-0.05, 0) is 32.2 Å². The number of nitrogens with one attached hydrogen (secondary N) is 1. The molecule has 1 unspecified atom stereocenters. The van der Waals surface area contributed by atoms with Crippen molar-refractivity contribution >= 4 is 0 Å². The van der Waals surface area contributed by atoms with Crippen LogP contribution in [-0.2, 0) is 4.74 Å². The monoisotopic (exact) mass is 142 g/mol. The molecule has 0 amide bonds. The van der Waals surface area contributed by atoms with Crippen molar-refractivity contribution in [1.29, 1.82) is 0 Å². The summed E-state index contributed by atoms with van der Waals surface area (Å²) in [4.78, 5) is 0. The van der Waals surface area contributed by atoms with Gasteiger partial charge in [-0.2, -0.15) is 0 Å². The van der Waals surface area contributed by atoms with E-state index >= 15 is 0 Å². The molecule has 1 heterocycles. The first-order chi connectivity index (χ1) is 4.93. The number of rotatable bonds is 3. The molecule has 1 radical (unpaired) electrons. The molecule has 1 saturated heterocycles. The molecule has 0 aromatic heterocycles. The summed E-state index contributed by atoms with van der Waals surface area (Å²) in [6.45, 7) is 1.94. The lowest BCUT2D eigenvalue weighted by Crippen LogP contribution is -2.22. The summed E-state index contributed by atoms with van der Waals surface area (Å²) in [5, 5.41) is 2.88. The molecule has 1 aliphatic rings. The Kier molecular flexibility index (Phi) is 3.76. The predicted molar refractivity (Wildman–Crippen MR) is 41.6 cm³/mol. The predicted octanol–water partition coefficient (Wildman–Crippen LogP) is 1.33. The fourth-order valence-electron chi connectivity index (χ4n) is 1.30. The first-order valence-electron chi connectivity index (χ1n) is 4.05. The highest BCUT2D eigenvalue weighted by Gasteiger charge is 2.11. The molecule has 0 saturated carbocycles. The molecule has 1 atom stereocenters. The standard InChI is InChI=1S/C8H16NO/c1-9-6-5-8-4-2-3-7-10-8/h8-9H,1-7H2. The van der Waals surface area contributed by atoms with Crippen molar-refractivity contribution in [2.45, 2.75) is 31.8 Å². The maximum absolute atomic E-state index is 5.51. The Morgan fingerprint density at radius 2 is 2.40 bits per heavy atom. The van der Waals surface area contributed by atoms with Crippen LogP contribution in [0.1, 0.15) is 25.7 Å². The van der Waals surface area contributed by atoms with Gasteiger partial charge in [-0.3, -0.25) is 0 Å². The minimum Gasteiger partial charge on any atom is -0.378 e. The molecule has 2 nitrogen and oxygen atoms in total. The molecule has 0 aliphatic carbocycles. The summed E-state index contributed by atoms with van der Waals surface area (Å²) in [7, 11) is 3.56. The minimum atomic E-state index is 0.503. The second-order valence-corrected chi connectivity index (χ2v) is 2.78. The van der Waals surface area contributed by atoms with Gasteiger partial charge in [0.05, 0.1) is 6.10 Å². The fraction of sp³-hybridized carbons (Fsp3) is 0.875. The summed E-state index contributed by atoms with van der Waals surface area (Å²) >= 11 is 0. The van der Waals surface area contributed by atoms with Gasteiger partial charge in [0.2, 0.25) is 0 Å². The zero-order chi connectivity index (χ0) is 7.23. The molecule has 0 aromatic rings. The van der Waals surface area contributed by atoms with E-state index in [-0.39, 0.29) is 0 Å². The Labute approximate surface area is 63.0 Å². The number of hydrogen-bond donors (Lipinski definition) is 1. The van der Waals surface area contributed by atoms with Crippen LogP contribution >= 0.6 is 0 Å². The number of hydrogen-bond acceptors (Lipinski definition) is 2. The molecular formula is C8H16NO. The van der Waals surface area contributed by atoms with Gasteiger partial charge in [-0.25, -0.2) is 0 Å². The van der Waals surface area contributed by atoms with E-state index in [1.165, 1.54) is 19.3 Å². The maximum atomic E-state index is 5.51. The summed E-state index contributed by atoms with van der Waals surface area (Å²) in [5.74, 6) is 0. The Morgan fingerprint density at radius 3 is 3.00 bits per heavy atom. The van der Waals surface area contributed by atoms with Crippen LogP contribution < -0.4 is 5.32 Å². The van der Waals surface area contributed by atoms with Gasteiger partial charge in [0.15, 0.2) is 0 Å². The van der Waals surface area contributed by atoms with Gasteiger partial charge in [-0.1, -0.05) is 0 Å². The smallest absolute Gasteiger partial charge is 0.0587 e. The molecule has 0 bridgehead atoms. The van der Waals surface area contributed by atoms with Crippen molar-refractivity contribution in [2.75, 3.05) is 13.2 Å². The van der Waals surface area contributed by atoms with Crippen LogP contribution in [0.5, 0.6) is 0 Å². The van der Waals surface area contributed by atoms with Crippen molar-refractivity contribution in [3.05, 3.63) is 7.05 Å². The highest BCUT2D eigenvalue weighted by atomic mass is 16.5. The Hall–Kier alpha value is -0.0800. The van der Waals surface area contributed by atoms with E-state index in [1.54, 1.807) is 0 Å². The van der Waals surface area contributed by atoms with Crippen molar-refractivity contribution in [3.8, 4) is 0 Å². The van der Waals surface area contributed by atoms with Crippen molar-refractivity contribution in [1.82, 2.24) is 5.32 Å². The third-order valence-corrected chi connectivity index (χ3v) is 1.92. The summed E-state index contributed by atoms with van der Waals surface area (Å²) < 4.78 is 5.51. The molecule has 0 aromatic carbocycles. The molecular weight excluding hydrogens is 126 g/mol. The normalized spacial score (nSPS) is 26.7. The Balaban J connectivity index is 2.02. The molecule has 10 heavy (non-hydrogen) atoms. The molecule has 2 heteroatoms. The lowest BCUT2D eigenvalue weighted by atomic mass is 10.1. The van der Waals surface area contributed by atoms with E-state index in [2.05, 4.69) is 12.4 Å². The molecule has 59 valence electrons. The largest absolute Gasteiger partial charge is 0.378 e. The zero-order valence-corrected chi connectivity index (χ0v) is 6.44. The second-order valence-electron chi connectivity index (χ2n) is 2.78. The van der Waals surface area contributed by atoms with Crippen molar-refractivity contribution in [2.24, 2.45) is 0 Å². The van der Waals surface area contributed by atoms with Crippen LogP contribution in [0.25, 0.3) is 0 Å². The van der Waals surface area contributed by atoms with Gasteiger partial charge in [-0.15, -0.1) is 0 Å². The first kappa shape index (κ1) is 8.02. The highest BCUT2D eigenvalue weighted by molar-refractivity contribution is 4.64. The average Bonchev–Trinajstić information content (AvgIpc) is 2.03. The van der Waals surface area contributed by atoms with E-state index in [9.17, 15) is 0 Å². The van der Waals surface area contributed by atoms with Crippen LogP contribution in [0.2, 0.25) is 0 Å². The highest BCUT2D eigenvalue weighted by Crippen LogP contribution is 2.14. The van der Waals surface area contributed by atoms with Crippen molar-refractivity contribution < 1.29 is 4.74 Å². The van der Waals surface area contributed by atoms with Crippen LogP contribution in [0.3, 0.4) is 0 Å². The van der Waals surface area contributed by atoms with E-state index in [4.69, 9.17) is 4.74 Å². The van der Waals surface area contributed by atoms with Crippen LogP contribution in [-0.4, -0.2) is 19.3 Å². The molecule has 1 aliphatic heterocycles. The van der Waals surface area contributed by atoms with Gasteiger partial charge in [0, 0.05) is 13.7 Å². The lowest BCUT2D eigenvalue weighted by molar-refractivity contribution is 0.0120. The van der Waals surface area contributed by atoms with Crippen LogP contribution in [0.15, 0.2) is 0 Å². The SMILES string of the molecule is [CH2]NCCC1CCCCO1. The summed E-state index contributed by atoms with van der Waals surface area (Å²) in [6, 6.07) is 0. The Morgan fingerprint density at radius 1 is 1.50 bits per heavy atom. The average molecular weight is 142 g/mol. The lowest BCUT2D eigenvalue weighted by Gasteiger charge is -2.22. The second kappa shape index (κ2) is 4.69. The van der Waals surface area contributed by atoms with Gasteiger partial charge in [0.25, 0.3) is 0 Å². The summed E-state index contributed by atoms with van der Waals surface area (Å²) in [5.41, 5.74) is 0. The molecule has 1 fully saturated rings. The van der Waals surface area contributed by atoms with Gasteiger partial charge in [0.1, 0.15) is 0 Å². The van der Waals surface area contributed by atoms with E-state index in [0.717, 1.165) is 19.6 Å². The number of ether oxygens (including phenoxy) is 1. The first-order valence-corrected chi connectivity index (χ1v) is 4.05. The third-order valence-electron chi connectivity index (χ3n) is 1.92. The van der Waals surface area contributed by atoms with Crippen molar-refractivity contribution in [3.63, 3.8) is 0 Å². The molecule has 1 N–H and O–H groups in total. The van der Waals surface area contributed by atoms with E-state index in [1.807, 2.05) is 0 Å². The Bertz CT molecular complexity index is 79.3.